The standard InChI is InChI=1S/C22H34N4O2/c1-17(2)11-19-13-20(24-23-19)15-25-8-9-26(21(16-25)7-10-27)14-18-5-4-6-22(12-18)28-3/h4-6,12-13,17,21,27H,7-11,14-16H2,1-3H3,(H,23,24). The molecule has 3 rings (SSSR count). The summed E-state index contributed by atoms with van der Waals surface area (Å²) >= 11 is 0. The molecule has 1 aromatic heterocycles. The number of piperazine rings is 1. The van der Waals surface area contributed by atoms with E-state index in [1.54, 1.807) is 7.11 Å². The largest absolute Gasteiger partial charge is 0.497 e. The van der Waals surface area contributed by atoms with Gasteiger partial charge in [-0.3, -0.25) is 14.9 Å². The topological polar surface area (TPSA) is 64.6 Å². The lowest BCUT2D eigenvalue weighted by atomic mass is 10.1. The molecule has 2 aromatic rings. The van der Waals surface area contributed by atoms with Crippen LogP contribution in [0.4, 0.5) is 0 Å². The minimum Gasteiger partial charge on any atom is -0.497 e. The molecule has 154 valence electrons. The van der Waals surface area contributed by atoms with Gasteiger partial charge in [0.15, 0.2) is 0 Å². The molecule has 1 aliphatic heterocycles. The Morgan fingerprint density at radius 2 is 2.11 bits per heavy atom. The second kappa shape index (κ2) is 10.0. The number of hydrogen-bond acceptors (Lipinski definition) is 5. The van der Waals surface area contributed by atoms with Gasteiger partial charge in [0, 0.05) is 51.1 Å². The molecule has 2 N–H and O–H groups in total. The van der Waals surface area contributed by atoms with Crippen LogP contribution in [0, 0.1) is 5.92 Å². The molecule has 2 heterocycles. The smallest absolute Gasteiger partial charge is 0.119 e. The van der Waals surface area contributed by atoms with Crippen LogP contribution in [0.1, 0.15) is 37.2 Å². The number of benzene rings is 1. The summed E-state index contributed by atoms with van der Waals surface area (Å²) in [6.45, 7) is 9.40. The van der Waals surface area contributed by atoms with Gasteiger partial charge in [-0.25, -0.2) is 0 Å². The predicted octanol–water partition coefficient (Wildman–Crippen LogP) is 2.69. The first-order chi connectivity index (χ1) is 13.6. The van der Waals surface area contributed by atoms with E-state index in [1.807, 2.05) is 12.1 Å². The third-order valence-electron chi connectivity index (χ3n) is 5.37. The fourth-order valence-corrected chi connectivity index (χ4v) is 3.99. The molecule has 1 fully saturated rings. The number of rotatable bonds is 9. The fourth-order valence-electron chi connectivity index (χ4n) is 3.99. The van der Waals surface area contributed by atoms with Gasteiger partial charge in [0.25, 0.3) is 0 Å². The minimum absolute atomic E-state index is 0.218. The lowest BCUT2D eigenvalue weighted by Crippen LogP contribution is -2.52. The quantitative estimate of drug-likeness (QED) is 0.694. The van der Waals surface area contributed by atoms with Gasteiger partial charge in [-0.2, -0.15) is 5.10 Å². The average molecular weight is 387 g/mol. The Bertz CT molecular complexity index is 731. The highest BCUT2D eigenvalue weighted by Gasteiger charge is 2.27. The van der Waals surface area contributed by atoms with Crippen molar-refractivity contribution < 1.29 is 9.84 Å². The Balaban J connectivity index is 1.59. The van der Waals surface area contributed by atoms with E-state index in [-0.39, 0.29) is 6.61 Å². The normalized spacial score (nSPS) is 18.7. The zero-order valence-corrected chi connectivity index (χ0v) is 17.4. The number of methoxy groups -OCH3 is 1. The number of aromatic amines is 1. The molecule has 0 amide bonds. The number of ether oxygens (including phenoxy) is 1. The molecule has 0 saturated carbocycles. The fraction of sp³-hybridized carbons (Fsp3) is 0.591. The maximum absolute atomic E-state index is 9.57. The molecule has 0 radical (unpaired) electrons. The summed E-state index contributed by atoms with van der Waals surface area (Å²) in [5.41, 5.74) is 3.58. The van der Waals surface area contributed by atoms with Crippen LogP contribution in [0.5, 0.6) is 5.75 Å². The van der Waals surface area contributed by atoms with E-state index in [0.717, 1.165) is 57.0 Å². The molecule has 1 saturated heterocycles. The summed E-state index contributed by atoms with van der Waals surface area (Å²) in [5.74, 6) is 1.51. The first-order valence-corrected chi connectivity index (χ1v) is 10.3. The Labute approximate surface area is 168 Å². The zero-order chi connectivity index (χ0) is 19.9. The summed E-state index contributed by atoms with van der Waals surface area (Å²) in [6, 6.07) is 10.8. The molecule has 0 aliphatic carbocycles. The molecule has 1 aromatic carbocycles. The first-order valence-electron chi connectivity index (χ1n) is 10.3. The van der Waals surface area contributed by atoms with E-state index < -0.39 is 0 Å². The van der Waals surface area contributed by atoms with Crippen LogP contribution in [0.2, 0.25) is 0 Å². The molecular weight excluding hydrogens is 352 g/mol. The third kappa shape index (κ3) is 5.80. The van der Waals surface area contributed by atoms with Crippen LogP contribution >= 0.6 is 0 Å². The van der Waals surface area contributed by atoms with Crippen molar-refractivity contribution >= 4 is 0 Å². The van der Waals surface area contributed by atoms with Gasteiger partial charge < -0.3 is 9.84 Å². The lowest BCUT2D eigenvalue weighted by molar-refractivity contribution is 0.0493. The monoisotopic (exact) mass is 386 g/mol. The number of nitrogens with zero attached hydrogens (tertiary/aromatic N) is 3. The van der Waals surface area contributed by atoms with Crippen LogP contribution in [0.15, 0.2) is 30.3 Å². The van der Waals surface area contributed by atoms with Gasteiger partial charge in [0.1, 0.15) is 5.75 Å². The van der Waals surface area contributed by atoms with Crippen molar-refractivity contribution in [2.45, 2.75) is 45.8 Å². The zero-order valence-electron chi connectivity index (χ0n) is 17.4. The van der Waals surface area contributed by atoms with Gasteiger partial charge >= 0.3 is 0 Å². The highest BCUT2D eigenvalue weighted by molar-refractivity contribution is 5.28. The first kappa shape index (κ1) is 20.8. The predicted molar refractivity (Wildman–Crippen MR) is 111 cm³/mol. The Hall–Kier alpha value is -1.89. The number of H-pyrrole nitrogens is 1. The highest BCUT2D eigenvalue weighted by Crippen LogP contribution is 2.20. The van der Waals surface area contributed by atoms with Crippen molar-refractivity contribution in [2.24, 2.45) is 5.92 Å². The number of hydrogen-bond donors (Lipinski definition) is 2. The Kier molecular flexibility index (Phi) is 7.48. The highest BCUT2D eigenvalue weighted by atomic mass is 16.5. The van der Waals surface area contributed by atoms with Gasteiger partial charge in [0.05, 0.1) is 12.8 Å². The summed E-state index contributed by atoms with van der Waals surface area (Å²) < 4.78 is 5.35. The molecule has 1 unspecified atom stereocenters. The molecule has 0 bridgehead atoms. The summed E-state index contributed by atoms with van der Waals surface area (Å²) in [6.07, 6.45) is 1.81. The molecule has 28 heavy (non-hydrogen) atoms. The van der Waals surface area contributed by atoms with Crippen LogP contribution in [-0.2, 0) is 19.5 Å². The number of aliphatic hydroxyl groups excluding tert-OH is 1. The SMILES string of the molecule is COc1cccc(CN2CCN(Cc3cc(CC(C)C)n[nH]3)CC2CCO)c1. The molecule has 6 nitrogen and oxygen atoms in total. The molecule has 0 spiro atoms. The van der Waals surface area contributed by atoms with Crippen molar-refractivity contribution in [3.63, 3.8) is 0 Å². The molecular formula is C22H34N4O2. The van der Waals surface area contributed by atoms with Gasteiger partial charge in [-0.05, 0) is 42.5 Å². The van der Waals surface area contributed by atoms with E-state index in [1.165, 1.54) is 11.3 Å². The van der Waals surface area contributed by atoms with E-state index in [9.17, 15) is 5.11 Å². The van der Waals surface area contributed by atoms with Gasteiger partial charge in [-0.1, -0.05) is 26.0 Å². The third-order valence-corrected chi connectivity index (χ3v) is 5.37. The molecule has 6 heteroatoms. The number of nitrogens with one attached hydrogen (secondary N) is 1. The van der Waals surface area contributed by atoms with Gasteiger partial charge in [-0.15, -0.1) is 0 Å². The van der Waals surface area contributed by atoms with Crippen molar-refractivity contribution in [1.82, 2.24) is 20.0 Å². The second-order valence-corrected chi connectivity index (χ2v) is 8.21. The van der Waals surface area contributed by atoms with Crippen LogP contribution in [-0.4, -0.2) is 64.5 Å². The van der Waals surface area contributed by atoms with Gasteiger partial charge in [0.2, 0.25) is 0 Å². The van der Waals surface area contributed by atoms with Crippen LogP contribution < -0.4 is 4.74 Å². The molecule has 1 aliphatic rings. The van der Waals surface area contributed by atoms with Crippen molar-refractivity contribution in [3.05, 3.63) is 47.3 Å². The second-order valence-electron chi connectivity index (χ2n) is 8.21. The molecule has 1 atom stereocenters. The average Bonchev–Trinajstić information content (AvgIpc) is 3.10. The van der Waals surface area contributed by atoms with Crippen molar-refractivity contribution in [3.8, 4) is 5.75 Å². The minimum atomic E-state index is 0.218. The van der Waals surface area contributed by atoms with E-state index >= 15 is 0 Å². The maximum atomic E-state index is 9.57. The summed E-state index contributed by atoms with van der Waals surface area (Å²) in [4.78, 5) is 4.95. The van der Waals surface area contributed by atoms with E-state index in [0.29, 0.717) is 12.0 Å². The number of aromatic nitrogens is 2. The van der Waals surface area contributed by atoms with Crippen LogP contribution in [0.3, 0.4) is 0 Å². The summed E-state index contributed by atoms with van der Waals surface area (Å²) in [5, 5.41) is 17.2. The van der Waals surface area contributed by atoms with E-state index in [4.69, 9.17) is 4.74 Å². The maximum Gasteiger partial charge on any atom is 0.119 e. The lowest BCUT2D eigenvalue weighted by Gasteiger charge is -2.41. The Morgan fingerprint density at radius 3 is 2.86 bits per heavy atom. The van der Waals surface area contributed by atoms with Crippen molar-refractivity contribution in [2.75, 3.05) is 33.4 Å². The van der Waals surface area contributed by atoms with Crippen molar-refractivity contribution in [1.29, 1.82) is 0 Å². The Morgan fingerprint density at radius 1 is 1.25 bits per heavy atom. The van der Waals surface area contributed by atoms with Crippen LogP contribution in [0.25, 0.3) is 0 Å². The number of aliphatic hydroxyl groups is 1. The summed E-state index contributed by atoms with van der Waals surface area (Å²) in [7, 11) is 1.70. The van der Waals surface area contributed by atoms with E-state index in [2.05, 4.69) is 52.0 Å².